The Morgan fingerprint density at radius 2 is 1.83 bits per heavy atom. The molecule has 0 atom stereocenters. The molecule has 0 aliphatic carbocycles. The molecular weight excluding hydrogens is 390 g/mol. The molecule has 3 rings (SSSR count). The number of hydrogen-bond acceptors (Lipinski definition) is 5. The molecule has 0 spiro atoms. The Bertz CT molecular complexity index is 1000. The summed E-state index contributed by atoms with van der Waals surface area (Å²) in [6, 6.07) is 17.5. The van der Waals surface area contributed by atoms with Crippen molar-refractivity contribution in [2.75, 3.05) is 17.2 Å². The van der Waals surface area contributed by atoms with Crippen LogP contribution < -0.4 is 20.7 Å². The van der Waals surface area contributed by atoms with Gasteiger partial charge in [-0.2, -0.15) is 0 Å². The highest BCUT2D eigenvalue weighted by Crippen LogP contribution is 2.21. The number of aryl methyl sites for hydroxylation is 1. The first kappa shape index (κ1) is 20.1. The molecule has 1 heterocycles. The zero-order valence-corrected chi connectivity index (χ0v) is 16.4. The number of nitrogens with one attached hydrogen (secondary N) is 3. The topological polar surface area (TPSA) is 92.6 Å². The Labute approximate surface area is 173 Å². The second kappa shape index (κ2) is 9.52. The molecule has 3 N–H and O–H groups in total. The van der Waals surface area contributed by atoms with E-state index < -0.39 is 0 Å². The summed E-state index contributed by atoms with van der Waals surface area (Å²) in [5.41, 5.74) is 2.09. The van der Waals surface area contributed by atoms with Crippen molar-refractivity contribution in [2.24, 2.45) is 0 Å². The van der Waals surface area contributed by atoms with E-state index in [1.165, 1.54) is 6.26 Å². The van der Waals surface area contributed by atoms with E-state index in [9.17, 15) is 9.59 Å². The number of anilines is 2. The molecule has 29 heavy (non-hydrogen) atoms. The van der Waals surface area contributed by atoms with Crippen LogP contribution in [0.1, 0.15) is 16.1 Å². The van der Waals surface area contributed by atoms with Crippen molar-refractivity contribution < 1.29 is 18.7 Å². The number of furan rings is 1. The van der Waals surface area contributed by atoms with Gasteiger partial charge in [0.2, 0.25) is 0 Å². The van der Waals surface area contributed by atoms with Crippen LogP contribution >= 0.6 is 12.2 Å². The monoisotopic (exact) mass is 409 g/mol. The third kappa shape index (κ3) is 5.91. The van der Waals surface area contributed by atoms with Crippen LogP contribution in [0.15, 0.2) is 71.3 Å². The molecule has 7 nitrogen and oxygen atoms in total. The summed E-state index contributed by atoms with van der Waals surface area (Å²) >= 11 is 5.20. The van der Waals surface area contributed by atoms with Gasteiger partial charge in [0.15, 0.2) is 17.5 Å². The van der Waals surface area contributed by atoms with E-state index in [-0.39, 0.29) is 29.3 Å². The number of thiocarbonyl (C=S) groups is 1. The molecule has 1 aromatic heterocycles. The molecule has 0 radical (unpaired) electrons. The van der Waals surface area contributed by atoms with Crippen LogP contribution in [0.25, 0.3) is 0 Å². The Morgan fingerprint density at radius 1 is 1.03 bits per heavy atom. The van der Waals surface area contributed by atoms with Crippen molar-refractivity contribution in [1.82, 2.24) is 5.32 Å². The minimum Gasteiger partial charge on any atom is -0.484 e. The lowest BCUT2D eigenvalue weighted by Crippen LogP contribution is -2.37. The van der Waals surface area contributed by atoms with Gasteiger partial charge in [-0.3, -0.25) is 14.9 Å². The number of para-hydroxylation sites is 1. The average Bonchev–Trinajstić information content (AvgIpc) is 3.25. The lowest BCUT2D eigenvalue weighted by Gasteiger charge is -2.14. The number of carbonyl (C=O) groups is 2. The molecule has 0 unspecified atom stereocenters. The van der Waals surface area contributed by atoms with E-state index in [4.69, 9.17) is 21.4 Å². The van der Waals surface area contributed by atoms with Crippen LogP contribution in [0.5, 0.6) is 5.75 Å². The van der Waals surface area contributed by atoms with Gasteiger partial charge in [-0.25, -0.2) is 0 Å². The number of ether oxygens (including phenoxy) is 1. The number of carbonyl (C=O) groups excluding carboxylic acids is 2. The van der Waals surface area contributed by atoms with Crippen LogP contribution in [0, 0.1) is 6.92 Å². The first-order valence-corrected chi connectivity index (χ1v) is 9.16. The zero-order chi connectivity index (χ0) is 20.6. The number of rotatable bonds is 6. The molecule has 2 amide bonds. The van der Waals surface area contributed by atoms with Crippen LogP contribution in [0.4, 0.5) is 11.4 Å². The standard InChI is InChI=1S/C21H19N3O4S/c1-14-9-10-15(22-20(26)18-8-5-11-27-18)12-17(14)23-21(29)24-19(25)13-28-16-6-3-2-4-7-16/h2-12H,13H2,1H3,(H,22,26)(H2,23,24,25,29). The third-order valence-electron chi connectivity index (χ3n) is 3.85. The Balaban J connectivity index is 1.55. The van der Waals surface area contributed by atoms with Gasteiger partial charge in [0.25, 0.3) is 11.8 Å². The van der Waals surface area contributed by atoms with Crippen LogP contribution in [-0.2, 0) is 4.79 Å². The largest absolute Gasteiger partial charge is 0.484 e. The molecule has 8 heteroatoms. The number of hydrogen-bond donors (Lipinski definition) is 3. The van der Waals surface area contributed by atoms with E-state index in [1.807, 2.05) is 31.2 Å². The van der Waals surface area contributed by atoms with Gasteiger partial charge < -0.3 is 19.8 Å². The van der Waals surface area contributed by atoms with E-state index in [2.05, 4.69) is 16.0 Å². The summed E-state index contributed by atoms with van der Waals surface area (Å²) in [7, 11) is 0. The summed E-state index contributed by atoms with van der Waals surface area (Å²) in [5, 5.41) is 8.39. The maximum atomic E-state index is 12.1. The molecule has 0 fully saturated rings. The van der Waals surface area contributed by atoms with Crippen LogP contribution in [0.3, 0.4) is 0 Å². The van der Waals surface area contributed by atoms with Crippen molar-refractivity contribution in [1.29, 1.82) is 0 Å². The van der Waals surface area contributed by atoms with Gasteiger partial charge in [0.1, 0.15) is 5.75 Å². The maximum Gasteiger partial charge on any atom is 0.291 e. The SMILES string of the molecule is Cc1ccc(NC(=O)c2ccco2)cc1NC(=S)NC(=O)COc1ccccc1. The second-order valence-corrected chi connectivity index (χ2v) is 6.47. The lowest BCUT2D eigenvalue weighted by molar-refractivity contribution is -0.121. The van der Waals surface area contributed by atoms with Crippen molar-refractivity contribution in [3.8, 4) is 5.75 Å². The fraction of sp³-hybridized carbons (Fsp3) is 0.0952. The van der Waals surface area contributed by atoms with Gasteiger partial charge in [0, 0.05) is 11.4 Å². The Hall–Kier alpha value is -3.65. The molecule has 0 aliphatic heterocycles. The minimum atomic E-state index is -0.383. The highest BCUT2D eigenvalue weighted by atomic mass is 32.1. The average molecular weight is 409 g/mol. The first-order chi connectivity index (χ1) is 14.0. The smallest absolute Gasteiger partial charge is 0.291 e. The normalized spacial score (nSPS) is 10.1. The summed E-state index contributed by atoms with van der Waals surface area (Å²) in [4.78, 5) is 24.1. The number of benzene rings is 2. The summed E-state index contributed by atoms with van der Waals surface area (Å²) in [6.45, 7) is 1.72. The maximum absolute atomic E-state index is 12.1. The van der Waals surface area contributed by atoms with Gasteiger partial charge in [0.05, 0.1) is 6.26 Å². The minimum absolute atomic E-state index is 0.129. The van der Waals surface area contributed by atoms with Gasteiger partial charge >= 0.3 is 0 Å². The molecule has 148 valence electrons. The highest BCUT2D eigenvalue weighted by molar-refractivity contribution is 7.80. The van der Waals surface area contributed by atoms with Gasteiger partial charge in [-0.15, -0.1) is 0 Å². The van der Waals surface area contributed by atoms with Crippen molar-refractivity contribution in [3.63, 3.8) is 0 Å². The molecular formula is C21H19N3O4S. The van der Waals surface area contributed by atoms with Gasteiger partial charge in [-0.05, 0) is 61.1 Å². The molecule has 3 aromatic rings. The fourth-order valence-electron chi connectivity index (χ4n) is 2.42. The van der Waals surface area contributed by atoms with Crippen LogP contribution in [0.2, 0.25) is 0 Å². The molecule has 2 aromatic carbocycles. The summed E-state index contributed by atoms with van der Waals surface area (Å²) in [5.74, 6) is 0.0590. The Kier molecular flexibility index (Phi) is 6.59. The van der Waals surface area contributed by atoms with E-state index in [0.717, 1.165) is 5.56 Å². The zero-order valence-electron chi connectivity index (χ0n) is 15.6. The quantitative estimate of drug-likeness (QED) is 0.537. The predicted octanol–water partition coefficient (Wildman–Crippen LogP) is 3.73. The molecule has 0 aliphatic rings. The second-order valence-electron chi connectivity index (χ2n) is 6.07. The van der Waals surface area contributed by atoms with Crippen molar-refractivity contribution in [3.05, 3.63) is 78.3 Å². The number of amides is 2. The fourth-order valence-corrected chi connectivity index (χ4v) is 2.64. The first-order valence-electron chi connectivity index (χ1n) is 8.75. The highest BCUT2D eigenvalue weighted by Gasteiger charge is 2.11. The molecule has 0 saturated heterocycles. The summed E-state index contributed by atoms with van der Waals surface area (Å²) < 4.78 is 10.5. The summed E-state index contributed by atoms with van der Waals surface area (Å²) in [6.07, 6.45) is 1.43. The Morgan fingerprint density at radius 3 is 2.55 bits per heavy atom. The van der Waals surface area contributed by atoms with Crippen LogP contribution in [-0.4, -0.2) is 23.5 Å². The van der Waals surface area contributed by atoms with E-state index in [0.29, 0.717) is 17.1 Å². The van der Waals surface area contributed by atoms with Crippen molar-refractivity contribution >= 4 is 40.5 Å². The van der Waals surface area contributed by atoms with E-state index >= 15 is 0 Å². The molecule has 0 bridgehead atoms. The van der Waals surface area contributed by atoms with E-state index in [1.54, 1.807) is 36.4 Å². The third-order valence-corrected chi connectivity index (χ3v) is 4.06. The van der Waals surface area contributed by atoms with Crippen molar-refractivity contribution in [2.45, 2.75) is 6.92 Å². The lowest BCUT2D eigenvalue weighted by atomic mass is 10.2. The molecule has 0 saturated carbocycles. The predicted molar refractivity (Wildman–Crippen MR) is 114 cm³/mol. The van der Waals surface area contributed by atoms with Gasteiger partial charge in [-0.1, -0.05) is 24.3 Å².